The first-order valence-electron chi connectivity index (χ1n) is 7.46. The summed E-state index contributed by atoms with van der Waals surface area (Å²) < 4.78 is 53.9. The molecule has 0 radical (unpaired) electrons. The van der Waals surface area contributed by atoms with Gasteiger partial charge >= 0.3 is 23.4 Å². The third kappa shape index (κ3) is 5.81. The zero-order chi connectivity index (χ0) is 19.4. The lowest BCUT2D eigenvalue weighted by atomic mass is 9.78. The molecule has 0 aromatic rings. The molecular formula is C11H22BF2N3O7S. The Labute approximate surface area is 144 Å². The second kappa shape index (κ2) is 8.66. The minimum atomic E-state index is -4.49. The monoisotopic (exact) mass is 389 g/mol. The highest BCUT2D eigenvalue weighted by molar-refractivity contribution is 7.84. The summed E-state index contributed by atoms with van der Waals surface area (Å²) in [5, 5.41) is 27.0. The van der Waals surface area contributed by atoms with Gasteiger partial charge in [0.1, 0.15) is 5.54 Å². The van der Waals surface area contributed by atoms with Crippen LogP contribution in [-0.4, -0.2) is 78.7 Å². The lowest BCUT2D eigenvalue weighted by Crippen LogP contribution is -2.55. The van der Waals surface area contributed by atoms with E-state index < -0.39 is 60.5 Å². The summed E-state index contributed by atoms with van der Waals surface area (Å²) in [6, 6.07) is -1.80. The first-order chi connectivity index (χ1) is 11.4. The fraction of sp³-hybridized carbons (Fsp3) is 0.909. The van der Waals surface area contributed by atoms with Gasteiger partial charge in [-0.3, -0.25) is 8.98 Å². The van der Waals surface area contributed by atoms with Crippen LogP contribution in [0.15, 0.2) is 0 Å². The number of aliphatic carboxylic acids is 1. The van der Waals surface area contributed by atoms with Gasteiger partial charge in [-0.25, -0.2) is 8.78 Å². The van der Waals surface area contributed by atoms with Gasteiger partial charge in [0.05, 0.1) is 12.6 Å². The second-order valence-electron chi connectivity index (χ2n) is 5.99. The number of carboxylic acid groups (broad SMARTS) is 1. The molecule has 10 nitrogen and oxygen atoms in total. The molecule has 1 rings (SSSR count). The molecule has 1 fully saturated rings. The quantitative estimate of drug-likeness (QED) is 0.260. The summed E-state index contributed by atoms with van der Waals surface area (Å²) in [5.41, 5.74) is 8.94. The van der Waals surface area contributed by atoms with E-state index >= 15 is 0 Å². The van der Waals surface area contributed by atoms with Crippen LogP contribution in [0.4, 0.5) is 8.78 Å². The van der Waals surface area contributed by atoms with Crippen LogP contribution in [0.1, 0.15) is 12.8 Å². The van der Waals surface area contributed by atoms with Gasteiger partial charge in [-0.1, -0.05) is 6.42 Å². The molecule has 1 aliphatic heterocycles. The summed E-state index contributed by atoms with van der Waals surface area (Å²) in [5.74, 6) is -2.24. The molecule has 0 aliphatic carbocycles. The zero-order valence-electron chi connectivity index (χ0n) is 13.3. The van der Waals surface area contributed by atoms with E-state index in [0.717, 1.165) is 0 Å². The third-order valence-electron chi connectivity index (χ3n) is 4.05. The van der Waals surface area contributed by atoms with E-state index in [9.17, 15) is 27.1 Å². The number of halogens is 2. The Morgan fingerprint density at radius 3 is 2.52 bits per heavy atom. The summed E-state index contributed by atoms with van der Waals surface area (Å²) in [6.45, 7) is -1.85. The van der Waals surface area contributed by atoms with Crippen LogP contribution in [0.25, 0.3) is 0 Å². The molecule has 14 heteroatoms. The number of hydrogen-bond acceptors (Lipinski definition) is 8. The highest BCUT2D eigenvalue weighted by Gasteiger charge is 2.52. The molecule has 0 amide bonds. The fourth-order valence-corrected chi connectivity index (χ4v) is 3.73. The topological polar surface area (TPSA) is 176 Å². The van der Waals surface area contributed by atoms with E-state index in [1.54, 1.807) is 0 Å². The Bertz CT molecular complexity index is 568. The smallest absolute Gasteiger partial charge is 0.451 e. The van der Waals surface area contributed by atoms with E-state index in [1.807, 2.05) is 0 Å². The van der Waals surface area contributed by atoms with Gasteiger partial charge in [-0.15, -0.1) is 0 Å². The molecule has 1 heterocycles. The number of nitrogens with zero attached hydrogens (tertiary/aromatic N) is 1. The van der Waals surface area contributed by atoms with Crippen LogP contribution < -0.4 is 11.5 Å². The van der Waals surface area contributed by atoms with E-state index in [4.69, 9.17) is 21.5 Å². The average molecular weight is 389 g/mol. The van der Waals surface area contributed by atoms with E-state index in [0.29, 0.717) is 4.31 Å². The van der Waals surface area contributed by atoms with Crippen molar-refractivity contribution < 1.29 is 41.3 Å². The average Bonchev–Trinajstić information content (AvgIpc) is 2.84. The summed E-state index contributed by atoms with van der Waals surface area (Å²) in [7, 11) is -6.06. The molecule has 0 aromatic heterocycles. The molecule has 0 saturated carbocycles. The lowest BCUT2D eigenvalue weighted by Gasteiger charge is -2.25. The minimum absolute atomic E-state index is 0.0291. The SMILES string of the molecule is NC(COS(=O)(=O)N1C[C@H](CCCB(O)O)[C@](N)(C(=O)O)C1)C(F)F. The lowest BCUT2D eigenvalue weighted by molar-refractivity contribution is -0.144. The zero-order valence-corrected chi connectivity index (χ0v) is 14.1. The van der Waals surface area contributed by atoms with Crippen LogP contribution in [0.5, 0.6) is 0 Å². The van der Waals surface area contributed by atoms with Crippen molar-refractivity contribution in [3.05, 3.63) is 0 Å². The largest absolute Gasteiger partial charge is 0.480 e. The van der Waals surface area contributed by atoms with Crippen LogP contribution >= 0.6 is 0 Å². The molecule has 0 spiro atoms. The molecule has 0 aromatic carbocycles. The fourth-order valence-electron chi connectivity index (χ4n) is 2.51. The van der Waals surface area contributed by atoms with Gasteiger partial charge in [-0.2, -0.15) is 12.7 Å². The Morgan fingerprint density at radius 2 is 2.04 bits per heavy atom. The second-order valence-corrected chi connectivity index (χ2v) is 7.59. The molecule has 1 aliphatic rings. The predicted octanol–water partition coefficient (Wildman–Crippen LogP) is -2.19. The van der Waals surface area contributed by atoms with Crippen LogP contribution in [0.2, 0.25) is 6.32 Å². The van der Waals surface area contributed by atoms with Gasteiger partial charge in [0, 0.05) is 19.0 Å². The van der Waals surface area contributed by atoms with E-state index in [2.05, 4.69) is 4.18 Å². The van der Waals surface area contributed by atoms with Crippen molar-refractivity contribution in [2.75, 3.05) is 19.7 Å². The molecule has 3 atom stereocenters. The number of carboxylic acids is 1. The van der Waals surface area contributed by atoms with Gasteiger partial charge < -0.3 is 26.6 Å². The van der Waals surface area contributed by atoms with Gasteiger partial charge in [0.25, 0.3) is 6.43 Å². The first-order valence-corrected chi connectivity index (χ1v) is 8.83. The van der Waals surface area contributed by atoms with Crippen molar-refractivity contribution in [2.45, 2.75) is 37.2 Å². The molecule has 0 bridgehead atoms. The summed E-state index contributed by atoms with van der Waals surface area (Å²) in [6.07, 6.45) is -2.67. The van der Waals surface area contributed by atoms with Crippen molar-refractivity contribution in [3.63, 3.8) is 0 Å². The molecular weight excluding hydrogens is 367 g/mol. The maximum Gasteiger partial charge on any atom is 0.451 e. The Balaban J connectivity index is 2.80. The Morgan fingerprint density at radius 1 is 1.44 bits per heavy atom. The van der Waals surface area contributed by atoms with Crippen LogP contribution in [0.3, 0.4) is 0 Å². The molecule has 146 valence electrons. The van der Waals surface area contributed by atoms with Crippen molar-refractivity contribution in [1.82, 2.24) is 4.31 Å². The number of nitrogens with two attached hydrogens (primary N) is 2. The highest BCUT2D eigenvalue weighted by atomic mass is 32.2. The summed E-state index contributed by atoms with van der Waals surface area (Å²) in [4.78, 5) is 11.5. The van der Waals surface area contributed by atoms with Gasteiger partial charge in [0.15, 0.2) is 0 Å². The van der Waals surface area contributed by atoms with Crippen molar-refractivity contribution in [1.29, 1.82) is 0 Å². The molecule has 1 saturated heterocycles. The standard InChI is InChI=1S/C11H22BF2N3O7S/c13-9(14)8(15)5-24-25(22,23)17-4-7(2-1-3-12(20)21)11(16,6-17)10(18)19/h7-9,20-21H,1-6,15-16H2,(H,18,19)/t7-,8?,11-/m0/s1. The molecule has 1 unspecified atom stereocenters. The first kappa shape index (κ1) is 22.1. The summed E-state index contributed by atoms with van der Waals surface area (Å²) >= 11 is 0. The highest BCUT2D eigenvalue weighted by Crippen LogP contribution is 2.32. The maximum atomic E-state index is 12.3. The normalized spacial score (nSPS) is 26.1. The van der Waals surface area contributed by atoms with Crippen molar-refractivity contribution >= 4 is 23.4 Å². The third-order valence-corrected chi connectivity index (χ3v) is 5.40. The van der Waals surface area contributed by atoms with Crippen LogP contribution in [0, 0.1) is 5.92 Å². The number of carbonyl (C=O) groups is 1. The molecule has 25 heavy (non-hydrogen) atoms. The Kier molecular flexibility index (Phi) is 7.67. The van der Waals surface area contributed by atoms with Gasteiger partial charge in [0.2, 0.25) is 0 Å². The van der Waals surface area contributed by atoms with Crippen LogP contribution in [-0.2, 0) is 19.3 Å². The predicted molar refractivity (Wildman–Crippen MR) is 82.7 cm³/mol. The van der Waals surface area contributed by atoms with Crippen molar-refractivity contribution in [3.8, 4) is 0 Å². The number of alkyl halides is 2. The van der Waals surface area contributed by atoms with E-state index in [-0.39, 0.29) is 25.7 Å². The van der Waals surface area contributed by atoms with Crippen molar-refractivity contribution in [2.24, 2.45) is 17.4 Å². The Hall–Kier alpha value is -0.895. The number of hydrogen-bond donors (Lipinski definition) is 5. The maximum absolute atomic E-state index is 12.3. The minimum Gasteiger partial charge on any atom is -0.480 e. The number of rotatable bonds is 10. The molecule has 7 N–H and O–H groups in total. The van der Waals surface area contributed by atoms with E-state index in [1.165, 1.54) is 0 Å². The van der Waals surface area contributed by atoms with Gasteiger partial charge in [-0.05, 0) is 12.7 Å².